The Morgan fingerprint density at radius 2 is 1.63 bits per heavy atom. The number of nitrogens with zero attached hydrogens (tertiary/aromatic N) is 1. The second-order valence-corrected chi connectivity index (χ2v) is 6.31. The van der Waals surface area contributed by atoms with Gasteiger partial charge in [-0.25, -0.2) is 4.98 Å². The first kappa shape index (κ1) is 11.6. The van der Waals surface area contributed by atoms with Crippen molar-refractivity contribution in [2.75, 3.05) is 13.2 Å². The number of aromatic nitrogens is 1. The summed E-state index contributed by atoms with van der Waals surface area (Å²) in [7, 11) is 0. The van der Waals surface area contributed by atoms with Crippen LogP contribution in [0.4, 0.5) is 0 Å². The van der Waals surface area contributed by atoms with Gasteiger partial charge >= 0.3 is 0 Å². The van der Waals surface area contributed by atoms with Crippen molar-refractivity contribution in [2.45, 2.75) is 44.4 Å². The van der Waals surface area contributed by atoms with Gasteiger partial charge in [-0.05, 0) is 62.3 Å². The van der Waals surface area contributed by atoms with E-state index < -0.39 is 0 Å². The Hall–Kier alpha value is -1.25. The van der Waals surface area contributed by atoms with Crippen molar-refractivity contribution in [3.8, 4) is 11.6 Å². The lowest BCUT2D eigenvalue weighted by atomic mass is 10.1. The standard InChI is InChI=1S/C16H21NO2/c1-2-11(1)9-18-14-7-8-17-16(15(14)13-5-6-13)19-10-12-3-4-12/h7-8,11-13H,1-6,9-10H2. The number of hydrogen-bond donors (Lipinski definition) is 0. The molecule has 3 heteroatoms. The van der Waals surface area contributed by atoms with Crippen LogP contribution in [-0.4, -0.2) is 18.2 Å². The molecular weight excluding hydrogens is 238 g/mol. The molecule has 0 amide bonds. The van der Waals surface area contributed by atoms with E-state index in [1.54, 1.807) is 0 Å². The second-order valence-electron chi connectivity index (χ2n) is 6.31. The molecule has 1 aromatic heterocycles. The van der Waals surface area contributed by atoms with E-state index in [0.717, 1.165) is 36.7 Å². The number of hydrogen-bond acceptors (Lipinski definition) is 3. The SMILES string of the molecule is c1cc(OCC2CC2)c(C2CC2)c(OCC2CC2)n1. The maximum Gasteiger partial charge on any atom is 0.220 e. The molecule has 0 radical (unpaired) electrons. The summed E-state index contributed by atoms with van der Waals surface area (Å²) in [6, 6.07) is 2.01. The van der Waals surface area contributed by atoms with Gasteiger partial charge in [0.05, 0.1) is 18.8 Å². The highest BCUT2D eigenvalue weighted by atomic mass is 16.5. The Labute approximate surface area is 114 Å². The van der Waals surface area contributed by atoms with E-state index in [4.69, 9.17) is 9.47 Å². The van der Waals surface area contributed by atoms with Gasteiger partial charge in [0, 0.05) is 6.20 Å². The van der Waals surface area contributed by atoms with Gasteiger partial charge in [0.2, 0.25) is 5.88 Å². The van der Waals surface area contributed by atoms with E-state index in [9.17, 15) is 0 Å². The predicted octanol–water partition coefficient (Wildman–Crippen LogP) is 3.54. The second kappa shape index (κ2) is 4.69. The molecule has 102 valence electrons. The molecule has 0 unspecified atom stereocenters. The first-order valence-electron chi connectivity index (χ1n) is 7.64. The average molecular weight is 259 g/mol. The molecule has 19 heavy (non-hydrogen) atoms. The van der Waals surface area contributed by atoms with Crippen molar-refractivity contribution in [2.24, 2.45) is 11.8 Å². The normalized spacial score (nSPS) is 22.3. The minimum atomic E-state index is 0.622. The van der Waals surface area contributed by atoms with Crippen LogP contribution in [-0.2, 0) is 0 Å². The van der Waals surface area contributed by atoms with Crippen LogP contribution < -0.4 is 9.47 Å². The van der Waals surface area contributed by atoms with Gasteiger partial charge in [-0.15, -0.1) is 0 Å². The topological polar surface area (TPSA) is 31.4 Å². The van der Waals surface area contributed by atoms with E-state index >= 15 is 0 Å². The van der Waals surface area contributed by atoms with Crippen LogP contribution >= 0.6 is 0 Å². The fourth-order valence-electron chi connectivity index (χ4n) is 2.40. The number of rotatable bonds is 7. The molecule has 3 fully saturated rings. The predicted molar refractivity (Wildman–Crippen MR) is 72.7 cm³/mol. The van der Waals surface area contributed by atoms with Gasteiger partial charge in [-0.2, -0.15) is 0 Å². The summed E-state index contributed by atoms with van der Waals surface area (Å²) in [6.07, 6.45) is 9.63. The molecule has 1 aromatic rings. The fraction of sp³-hybridized carbons (Fsp3) is 0.688. The first-order chi connectivity index (χ1) is 9.40. The summed E-state index contributed by atoms with van der Waals surface area (Å²) in [4.78, 5) is 4.44. The smallest absolute Gasteiger partial charge is 0.220 e. The largest absolute Gasteiger partial charge is 0.493 e. The molecule has 0 bridgehead atoms. The highest BCUT2D eigenvalue weighted by Crippen LogP contribution is 2.48. The van der Waals surface area contributed by atoms with Gasteiger partial charge in [-0.1, -0.05) is 0 Å². The molecule has 3 aliphatic carbocycles. The van der Waals surface area contributed by atoms with Crippen molar-refractivity contribution >= 4 is 0 Å². The lowest BCUT2D eigenvalue weighted by molar-refractivity contribution is 0.271. The summed E-state index contributed by atoms with van der Waals surface area (Å²) >= 11 is 0. The Morgan fingerprint density at radius 1 is 0.947 bits per heavy atom. The molecule has 3 aliphatic rings. The average Bonchev–Trinajstić information content (AvgIpc) is 3.30. The highest BCUT2D eigenvalue weighted by Gasteiger charge is 2.33. The molecule has 0 N–H and O–H groups in total. The molecule has 0 atom stereocenters. The molecule has 0 saturated heterocycles. The zero-order chi connectivity index (χ0) is 12.7. The van der Waals surface area contributed by atoms with Crippen LogP contribution in [0, 0.1) is 11.8 Å². The van der Waals surface area contributed by atoms with E-state index in [-0.39, 0.29) is 0 Å². The van der Waals surface area contributed by atoms with Crippen LogP contribution in [0.1, 0.15) is 50.0 Å². The van der Waals surface area contributed by atoms with Gasteiger partial charge in [-0.3, -0.25) is 0 Å². The van der Waals surface area contributed by atoms with Crippen LogP contribution in [0.15, 0.2) is 12.3 Å². The van der Waals surface area contributed by atoms with Crippen molar-refractivity contribution in [1.82, 2.24) is 4.98 Å². The fourth-order valence-corrected chi connectivity index (χ4v) is 2.40. The summed E-state index contributed by atoms with van der Waals surface area (Å²) in [5, 5.41) is 0. The van der Waals surface area contributed by atoms with Crippen molar-refractivity contribution in [3.63, 3.8) is 0 Å². The third kappa shape index (κ3) is 2.85. The van der Waals surface area contributed by atoms with Crippen LogP contribution in [0.3, 0.4) is 0 Å². The van der Waals surface area contributed by atoms with E-state index in [1.807, 2.05) is 12.3 Å². The maximum atomic E-state index is 6.01. The van der Waals surface area contributed by atoms with Crippen molar-refractivity contribution in [3.05, 3.63) is 17.8 Å². The Kier molecular flexibility index (Phi) is 2.86. The molecular formula is C16H21NO2. The Balaban J connectivity index is 1.51. The summed E-state index contributed by atoms with van der Waals surface area (Å²) < 4.78 is 11.9. The monoisotopic (exact) mass is 259 g/mol. The quantitative estimate of drug-likeness (QED) is 0.750. The molecule has 0 spiro atoms. The molecule has 3 nitrogen and oxygen atoms in total. The number of pyridine rings is 1. The van der Waals surface area contributed by atoms with E-state index in [2.05, 4.69) is 4.98 Å². The molecule has 1 heterocycles. The Morgan fingerprint density at radius 3 is 2.26 bits per heavy atom. The van der Waals surface area contributed by atoms with Crippen LogP contribution in [0.5, 0.6) is 11.6 Å². The van der Waals surface area contributed by atoms with Gasteiger partial charge in [0.25, 0.3) is 0 Å². The van der Waals surface area contributed by atoms with Gasteiger partial charge in [0.15, 0.2) is 0 Å². The van der Waals surface area contributed by atoms with Crippen LogP contribution in [0.25, 0.3) is 0 Å². The minimum absolute atomic E-state index is 0.622. The van der Waals surface area contributed by atoms with E-state index in [0.29, 0.717) is 5.92 Å². The van der Waals surface area contributed by atoms with Gasteiger partial charge < -0.3 is 9.47 Å². The van der Waals surface area contributed by atoms with Crippen LogP contribution in [0.2, 0.25) is 0 Å². The first-order valence-corrected chi connectivity index (χ1v) is 7.64. The van der Waals surface area contributed by atoms with Gasteiger partial charge in [0.1, 0.15) is 5.75 Å². The lowest BCUT2D eigenvalue weighted by Crippen LogP contribution is -2.07. The van der Waals surface area contributed by atoms with Crippen molar-refractivity contribution < 1.29 is 9.47 Å². The summed E-state index contributed by atoms with van der Waals surface area (Å²) in [5.41, 5.74) is 1.24. The highest BCUT2D eigenvalue weighted by molar-refractivity contribution is 5.44. The molecule has 0 aromatic carbocycles. The third-order valence-electron chi connectivity index (χ3n) is 4.22. The minimum Gasteiger partial charge on any atom is -0.493 e. The zero-order valence-corrected chi connectivity index (χ0v) is 11.3. The molecule has 0 aliphatic heterocycles. The lowest BCUT2D eigenvalue weighted by Gasteiger charge is -2.14. The Bertz CT molecular complexity index is 428. The summed E-state index contributed by atoms with van der Waals surface area (Å²) in [6.45, 7) is 1.70. The maximum absolute atomic E-state index is 6.01. The van der Waals surface area contributed by atoms with E-state index in [1.165, 1.54) is 44.1 Å². The van der Waals surface area contributed by atoms with Crippen molar-refractivity contribution in [1.29, 1.82) is 0 Å². The third-order valence-corrected chi connectivity index (χ3v) is 4.22. The molecule has 4 rings (SSSR count). The number of ether oxygens (including phenoxy) is 2. The molecule has 3 saturated carbocycles. The zero-order valence-electron chi connectivity index (χ0n) is 11.3. The summed E-state index contributed by atoms with van der Waals surface area (Å²) in [5.74, 6) is 4.04.